The van der Waals surface area contributed by atoms with E-state index in [0.717, 1.165) is 11.3 Å². The molecule has 2 rings (SSSR count). The largest absolute Gasteiger partial charge is 0.377 e. The van der Waals surface area contributed by atoms with Crippen molar-refractivity contribution in [3.8, 4) is 0 Å². The van der Waals surface area contributed by atoms with E-state index in [4.69, 9.17) is 9.88 Å². The second-order valence-corrected chi connectivity index (χ2v) is 6.79. The van der Waals surface area contributed by atoms with Crippen LogP contribution < -0.4 is 10.5 Å². The van der Waals surface area contributed by atoms with Gasteiger partial charge in [0.25, 0.3) is 0 Å². The smallest absolute Gasteiger partial charge is 0.238 e. The number of methoxy groups -OCH3 is 1. The molecule has 2 aromatic rings. The quantitative estimate of drug-likeness (QED) is 0.832. The van der Waals surface area contributed by atoms with Gasteiger partial charge in [-0.1, -0.05) is 12.1 Å². The zero-order valence-electron chi connectivity index (χ0n) is 13.3. The molecule has 1 aromatic carbocycles. The topological polar surface area (TPSA) is 107 Å². The summed E-state index contributed by atoms with van der Waals surface area (Å²) >= 11 is 0. The third-order valence-corrected chi connectivity index (χ3v) is 4.14. The van der Waals surface area contributed by atoms with Crippen LogP contribution in [0.1, 0.15) is 30.0 Å². The predicted octanol–water partition coefficient (Wildman–Crippen LogP) is 1.75. The number of aromatic nitrogens is 2. The fraction of sp³-hybridized carbons (Fsp3) is 0.333. The molecule has 0 fully saturated rings. The summed E-state index contributed by atoms with van der Waals surface area (Å²) in [5, 5.41) is 8.40. The molecule has 1 atom stereocenters. The standard InChI is InChI=1S/C15H20N4O3S/c1-10-7-14(19-15(17-10)9-22-3)18-11(2)12-5-4-6-13(8-12)23(16,20)21/h4-8,11H,9H2,1-3H3,(H2,16,20,21)(H,17,18,19). The molecule has 3 N–H and O–H groups in total. The number of nitrogens with two attached hydrogens (primary N) is 1. The van der Waals surface area contributed by atoms with Crippen LogP contribution in [-0.4, -0.2) is 25.5 Å². The lowest BCUT2D eigenvalue weighted by atomic mass is 10.1. The van der Waals surface area contributed by atoms with Gasteiger partial charge in [0, 0.05) is 24.9 Å². The maximum absolute atomic E-state index is 11.5. The second-order valence-electron chi connectivity index (χ2n) is 5.23. The van der Waals surface area contributed by atoms with Gasteiger partial charge in [-0.05, 0) is 31.5 Å². The number of rotatable bonds is 6. The highest BCUT2D eigenvalue weighted by Crippen LogP contribution is 2.21. The molecular weight excluding hydrogens is 316 g/mol. The van der Waals surface area contributed by atoms with Gasteiger partial charge in [0.05, 0.1) is 4.90 Å². The number of hydrogen-bond acceptors (Lipinski definition) is 6. The maximum atomic E-state index is 11.5. The zero-order chi connectivity index (χ0) is 17.0. The summed E-state index contributed by atoms with van der Waals surface area (Å²) in [5.41, 5.74) is 1.61. The van der Waals surface area contributed by atoms with Crippen molar-refractivity contribution in [2.45, 2.75) is 31.4 Å². The van der Waals surface area contributed by atoms with E-state index in [9.17, 15) is 8.42 Å². The molecule has 0 amide bonds. The molecule has 1 aromatic heterocycles. The summed E-state index contributed by atoms with van der Waals surface area (Å²) in [7, 11) is -2.14. The van der Waals surface area contributed by atoms with E-state index in [1.807, 2.05) is 26.0 Å². The lowest BCUT2D eigenvalue weighted by molar-refractivity contribution is 0.177. The average Bonchev–Trinajstić information content (AvgIpc) is 2.46. The summed E-state index contributed by atoms with van der Waals surface area (Å²) in [4.78, 5) is 8.73. The Morgan fingerprint density at radius 1 is 1.30 bits per heavy atom. The Morgan fingerprint density at radius 2 is 2.04 bits per heavy atom. The minimum atomic E-state index is -3.72. The van der Waals surface area contributed by atoms with E-state index >= 15 is 0 Å². The van der Waals surface area contributed by atoms with Crippen molar-refractivity contribution in [2.24, 2.45) is 5.14 Å². The Balaban J connectivity index is 2.24. The number of anilines is 1. The van der Waals surface area contributed by atoms with E-state index in [-0.39, 0.29) is 10.9 Å². The average molecular weight is 336 g/mol. The molecule has 0 saturated carbocycles. The number of nitrogens with zero attached hydrogens (tertiary/aromatic N) is 2. The van der Waals surface area contributed by atoms with Crippen molar-refractivity contribution in [1.29, 1.82) is 0 Å². The molecule has 8 heteroatoms. The fourth-order valence-electron chi connectivity index (χ4n) is 2.16. The minimum absolute atomic E-state index is 0.0857. The molecular formula is C15H20N4O3S. The van der Waals surface area contributed by atoms with Gasteiger partial charge in [-0.15, -0.1) is 0 Å². The molecule has 0 saturated heterocycles. The molecule has 0 aliphatic carbocycles. The number of nitrogens with one attached hydrogen (secondary N) is 1. The maximum Gasteiger partial charge on any atom is 0.238 e. The van der Waals surface area contributed by atoms with Crippen LogP contribution in [0.25, 0.3) is 0 Å². The highest BCUT2D eigenvalue weighted by Gasteiger charge is 2.12. The van der Waals surface area contributed by atoms with Gasteiger partial charge in [0.2, 0.25) is 10.0 Å². The van der Waals surface area contributed by atoms with E-state index in [0.29, 0.717) is 18.2 Å². The van der Waals surface area contributed by atoms with Gasteiger partial charge in [0.1, 0.15) is 12.4 Å². The number of aryl methyl sites for hydroxylation is 1. The van der Waals surface area contributed by atoms with Crippen molar-refractivity contribution in [1.82, 2.24) is 9.97 Å². The summed E-state index contributed by atoms with van der Waals surface area (Å²) in [6.45, 7) is 4.11. The third-order valence-electron chi connectivity index (χ3n) is 3.22. The van der Waals surface area contributed by atoms with Crippen LogP contribution in [0.15, 0.2) is 35.2 Å². The number of ether oxygens (including phenoxy) is 1. The van der Waals surface area contributed by atoms with E-state index in [1.54, 1.807) is 19.2 Å². The first-order chi connectivity index (χ1) is 10.8. The molecule has 7 nitrogen and oxygen atoms in total. The van der Waals surface area contributed by atoms with E-state index < -0.39 is 10.0 Å². The van der Waals surface area contributed by atoms with Crippen molar-refractivity contribution in [2.75, 3.05) is 12.4 Å². The van der Waals surface area contributed by atoms with E-state index in [1.165, 1.54) is 6.07 Å². The van der Waals surface area contributed by atoms with Crippen LogP contribution in [0.4, 0.5) is 5.82 Å². The van der Waals surface area contributed by atoms with Gasteiger partial charge in [-0.3, -0.25) is 0 Å². The highest BCUT2D eigenvalue weighted by molar-refractivity contribution is 7.89. The number of hydrogen-bond donors (Lipinski definition) is 2. The summed E-state index contributed by atoms with van der Waals surface area (Å²) in [5.74, 6) is 1.23. The summed E-state index contributed by atoms with van der Waals surface area (Å²) < 4.78 is 27.9. The molecule has 0 radical (unpaired) electrons. The Labute approximate surface area is 136 Å². The molecule has 124 valence electrons. The first kappa shape index (κ1) is 17.3. The first-order valence-corrected chi connectivity index (χ1v) is 8.57. The van der Waals surface area contributed by atoms with Gasteiger partial charge >= 0.3 is 0 Å². The van der Waals surface area contributed by atoms with Gasteiger partial charge in [-0.2, -0.15) is 0 Å². The first-order valence-electron chi connectivity index (χ1n) is 7.02. The molecule has 0 aliphatic rings. The van der Waals surface area contributed by atoms with Crippen LogP contribution in [0.5, 0.6) is 0 Å². The number of sulfonamides is 1. The SMILES string of the molecule is COCc1nc(C)cc(NC(C)c2cccc(S(N)(=O)=O)c2)n1. The third kappa shape index (κ3) is 4.72. The highest BCUT2D eigenvalue weighted by atomic mass is 32.2. The minimum Gasteiger partial charge on any atom is -0.377 e. The number of benzene rings is 1. The lowest BCUT2D eigenvalue weighted by Gasteiger charge is -2.16. The zero-order valence-corrected chi connectivity index (χ0v) is 14.1. The summed E-state index contributed by atoms with van der Waals surface area (Å²) in [6.07, 6.45) is 0. The predicted molar refractivity (Wildman–Crippen MR) is 87.3 cm³/mol. The molecule has 0 spiro atoms. The number of primary sulfonamides is 1. The van der Waals surface area contributed by atoms with Gasteiger partial charge in [0.15, 0.2) is 5.82 Å². The Kier molecular flexibility index (Phi) is 5.30. The van der Waals surface area contributed by atoms with Crippen LogP contribution in [-0.2, 0) is 21.4 Å². The van der Waals surface area contributed by atoms with Gasteiger partial charge < -0.3 is 10.1 Å². The molecule has 1 heterocycles. The molecule has 0 aliphatic heterocycles. The summed E-state index contributed by atoms with van der Waals surface area (Å²) in [6, 6.07) is 8.18. The van der Waals surface area contributed by atoms with Crippen LogP contribution in [0.3, 0.4) is 0 Å². The van der Waals surface area contributed by atoms with Crippen LogP contribution in [0.2, 0.25) is 0 Å². The fourth-order valence-corrected chi connectivity index (χ4v) is 2.73. The van der Waals surface area contributed by atoms with Crippen molar-refractivity contribution >= 4 is 15.8 Å². The monoisotopic (exact) mass is 336 g/mol. The second kappa shape index (κ2) is 7.03. The molecule has 1 unspecified atom stereocenters. The van der Waals surface area contributed by atoms with E-state index in [2.05, 4.69) is 15.3 Å². The van der Waals surface area contributed by atoms with Crippen LogP contribution in [0, 0.1) is 6.92 Å². The Bertz CT molecular complexity index is 793. The van der Waals surface area contributed by atoms with Crippen molar-refractivity contribution in [3.05, 3.63) is 47.4 Å². The lowest BCUT2D eigenvalue weighted by Crippen LogP contribution is -2.14. The molecule has 23 heavy (non-hydrogen) atoms. The Morgan fingerprint density at radius 3 is 2.70 bits per heavy atom. The van der Waals surface area contributed by atoms with Gasteiger partial charge in [-0.25, -0.2) is 23.5 Å². The van der Waals surface area contributed by atoms with Crippen LogP contribution >= 0.6 is 0 Å². The normalized spacial score (nSPS) is 12.9. The van der Waals surface area contributed by atoms with Crippen molar-refractivity contribution < 1.29 is 13.2 Å². The van der Waals surface area contributed by atoms with Crippen molar-refractivity contribution in [3.63, 3.8) is 0 Å². The molecule has 0 bridgehead atoms. The Hall–Kier alpha value is -2.03.